The number of carboxylic acid groups (broad SMARTS) is 1. The fraction of sp³-hybridized carbons (Fsp3) is 0.333. The molecule has 7 heteroatoms. The van der Waals surface area contributed by atoms with Gasteiger partial charge in [-0.1, -0.05) is 12.1 Å². The highest BCUT2D eigenvalue weighted by Gasteiger charge is 2.24. The van der Waals surface area contributed by atoms with Gasteiger partial charge in [0.25, 0.3) is 5.91 Å². The number of carbonyl (C=O) groups is 2. The maximum Gasteiger partial charge on any atom is 0.339 e. The molecule has 0 bridgehead atoms. The first-order valence-electron chi connectivity index (χ1n) is 7.98. The SMILES string of the molecule is CC1CN(C(=O)c2ccccc2SCc2occc2C(=O)O)CCO1. The molecule has 1 amide bonds. The molecule has 6 nitrogen and oxygen atoms in total. The highest BCUT2D eigenvalue weighted by Crippen LogP contribution is 2.29. The molecule has 1 atom stereocenters. The van der Waals surface area contributed by atoms with Gasteiger partial charge in [-0.2, -0.15) is 0 Å². The zero-order valence-electron chi connectivity index (χ0n) is 13.8. The Kier molecular flexibility index (Phi) is 5.45. The van der Waals surface area contributed by atoms with Crippen LogP contribution in [0.1, 0.15) is 33.4 Å². The van der Waals surface area contributed by atoms with Crippen molar-refractivity contribution in [3.05, 3.63) is 53.5 Å². The van der Waals surface area contributed by atoms with Crippen molar-refractivity contribution in [3.8, 4) is 0 Å². The Morgan fingerprint density at radius 1 is 1.28 bits per heavy atom. The number of benzene rings is 1. The number of thioether (sulfide) groups is 1. The van der Waals surface area contributed by atoms with Gasteiger partial charge >= 0.3 is 5.97 Å². The summed E-state index contributed by atoms with van der Waals surface area (Å²) in [6.45, 7) is 3.63. The Labute approximate surface area is 149 Å². The lowest BCUT2D eigenvalue weighted by atomic mass is 10.1. The minimum Gasteiger partial charge on any atom is -0.478 e. The van der Waals surface area contributed by atoms with Gasteiger partial charge in [0, 0.05) is 18.0 Å². The lowest BCUT2D eigenvalue weighted by molar-refractivity contribution is -0.0125. The highest BCUT2D eigenvalue weighted by atomic mass is 32.2. The zero-order chi connectivity index (χ0) is 17.8. The van der Waals surface area contributed by atoms with Crippen LogP contribution in [0.25, 0.3) is 0 Å². The van der Waals surface area contributed by atoms with Crippen LogP contribution < -0.4 is 0 Å². The number of carboxylic acids is 1. The van der Waals surface area contributed by atoms with Gasteiger partial charge in [-0.15, -0.1) is 11.8 Å². The molecule has 2 heterocycles. The van der Waals surface area contributed by atoms with Crippen molar-refractivity contribution in [1.82, 2.24) is 4.90 Å². The minimum atomic E-state index is -1.02. The van der Waals surface area contributed by atoms with Crippen LogP contribution in [0.4, 0.5) is 0 Å². The first-order valence-corrected chi connectivity index (χ1v) is 8.97. The molecular weight excluding hydrogens is 342 g/mol. The Morgan fingerprint density at radius 2 is 2.08 bits per heavy atom. The summed E-state index contributed by atoms with van der Waals surface area (Å²) in [5.41, 5.74) is 0.767. The Hall–Kier alpha value is -2.25. The van der Waals surface area contributed by atoms with Crippen LogP contribution in [-0.4, -0.2) is 47.7 Å². The van der Waals surface area contributed by atoms with E-state index >= 15 is 0 Å². The molecule has 1 fully saturated rings. The van der Waals surface area contributed by atoms with Gasteiger partial charge in [-0.25, -0.2) is 4.79 Å². The lowest BCUT2D eigenvalue weighted by Gasteiger charge is -2.31. The second-order valence-electron chi connectivity index (χ2n) is 5.78. The molecular formula is C18H19NO5S. The average molecular weight is 361 g/mol. The van der Waals surface area contributed by atoms with Crippen molar-refractivity contribution in [2.75, 3.05) is 19.7 Å². The van der Waals surface area contributed by atoms with Crippen LogP contribution in [0.2, 0.25) is 0 Å². The van der Waals surface area contributed by atoms with Gasteiger partial charge in [0.15, 0.2) is 0 Å². The van der Waals surface area contributed by atoms with Gasteiger partial charge in [0.2, 0.25) is 0 Å². The number of furan rings is 1. The van der Waals surface area contributed by atoms with Crippen molar-refractivity contribution in [3.63, 3.8) is 0 Å². The van der Waals surface area contributed by atoms with E-state index < -0.39 is 5.97 Å². The molecule has 0 saturated carbocycles. The third-order valence-corrected chi connectivity index (χ3v) is 5.05. The fourth-order valence-electron chi connectivity index (χ4n) is 2.73. The molecule has 1 unspecified atom stereocenters. The highest BCUT2D eigenvalue weighted by molar-refractivity contribution is 7.98. The quantitative estimate of drug-likeness (QED) is 0.824. The number of rotatable bonds is 5. The van der Waals surface area contributed by atoms with Crippen molar-refractivity contribution >= 4 is 23.6 Å². The van der Waals surface area contributed by atoms with Crippen LogP contribution in [0.3, 0.4) is 0 Å². The second-order valence-corrected chi connectivity index (χ2v) is 6.80. The summed E-state index contributed by atoms with van der Waals surface area (Å²) in [5.74, 6) is -0.315. The van der Waals surface area contributed by atoms with Gasteiger partial charge < -0.3 is 19.2 Å². The Bertz CT molecular complexity index is 772. The molecule has 25 heavy (non-hydrogen) atoms. The van der Waals surface area contributed by atoms with E-state index in [1.165, 1.54) is 24.1 Å². The summed E-state index contributed by atoms with van der Waals surface area (Å²) < 4.78 is 10.8. The molecule has 1 aliphatic rings. The summed E-state index contributed by atoms with van der Waals surface area (Å²) >= 11 is 1.39. The van der Waals surface area contributed by atoms with Crippen molar-refractivity contribution < 1.29 is 23.8 Å². The second kappa shape index (κ2) is 7.76. The number of ether oxygens (including phenoxy) is 1. The first-order chi connectivity index (χ1) is 12.1. The van der Waals surface area contributed by atoms with Crippen LogP contribution >= 0.6 is 11.8 Å². The maximum absolute atomic E-state index is 12.8. The lowest BCUT2D eigenvalue weighted by Crippen LogP contribution is -2.44. The smallest absolute Gasteiger partial charge is 0.339 e. The molecule has 3 rings (SSSR count). The molecule has 1 aliphatic heterocycles. The van der Waals surface area contributed by atoms with E-state index in [0.29, 0.717) is 36.8 Å². The Balaban J connectivity index is 1.75. The third kappa shape index (κ3) is 4.05. The van der Waals surface area contributed by atoms with Crippen molar-refractivity contribution in [1.29, 1.82) is 0 Å². The molecule has 2 aromatic rings. The largest absolute Gasteiger partial charge is 0.478 e. The fourth-order valence-corrected chi connectivity index (χ4v) is 3.72. The minimum absolute atomic E-state index is 0.0266. The predicted molar refractivity (Wildman–Crippen MR) is 93.0 cm³/mol. The van der Waals surface area contributed by atoms with E-state index in [9.17, 15) is 9.59 Å². The van der Waals surface area contributed by atoms with Crippen LogP contribution in [0.5, 0.6) is 0 Å². The van der Waals surface area contributed by atoms with E-state index in [4.69, 9.17) is 14.3 Å². The zero-order valence-corrected chi connectivity index (χ0v) is 14.6. The molecule has 0 spiro atoms. The van der Waals surface area contributed by atoms with E-state index in [0.717, 1.165) is 4.90 Å². The van der Waals surface area contributed by atoms with Crippen LogP contribution in [0.15, 0.2) is 45.9 Å². The number of carbonyl (C=O) groups excluding carboxylic acids is 1. The molecule has 1 N–H and O–H groups in total. The average Bonchev–Trinajstić information content (AvgIpc) is 3.08. The van der Waals surface area contributed by atoms with Crippen molar-refractivity contribution in [2.24, 2.45) is 0 Å². The monoisotopic (exact) mass is 361 g/mol. The summed E-state index contributed by atoms with van der Waals surface area (Å²) in [4.78, 5) is 26.6. The first kappa shape index (κ1) is 17.6. The van der Waals surface area contributed by atoms with Gasteiger partial charge in [-0.3, -0.25) is 4.79 Å². The molecule has 0 radical (unpaired) electrons. The summed E-state index contributed by atoms with van der Waals surface area (Å²) in [7, 11) is 0. The van der Waals surface area contributed by atoms with Crippen LogP contribution in [-0.2, 0) is 10.5 Å². The number of amides is 1. The molecule has 1 aromatic heterocycles. The van der Waals surface area contributed by atoms with Crippen molar-refractivity contribution in [2.45, 2.75) is 23.7 Å². The number of morpholine rings is 1. The van der Waals surface area contributed by atoms with Gasteiger partial charge in [0.1, 0.15) is 11.3 Å². The van der Waals surface area contributed by atoms with E-state index in [2.05, 4.69) is 0 Å². The number of aromatic carboxylic acids is 1. The van der Waals surface area contributed by atoms with Crippen LogP contribution in [0, 0.1) is 0 Å². The number of hydrogen-bond acceptors (Lipinski definition) is 5. The van der Waals surface area contributed by atoms with E-state index in [1.807, 2.05) is 25.1 Å². The molecule has 1 saturated heterocycles. The van der Waals surface area contributed by atoms with E-state index in [-0.39, 0.29) is 17.6 Å². The summed E-state index contributed by atoms with van der Waals surface area (Å²) in [6, 6.07) is 8.79. The predicted octanol–water partition coefficient (Wildman–Crippen LogP) is 3.13. The number of nitrogens with zero attached hydrogens (tertiary/aromatic N) is 1. The number of hydrogen-bond donors (Lipinski definition) is 1. The maximum atomic E-state index is 12.8. The van der Waals surface area contributed by atoms with Gasteiger partial charge in [-0.05, 0) is 25.1 Å². The molecule has 0 aliphatic carbocycles. The standard InChI is InChI=1S/C18H19NO5S/c1-12-10-19(7-9-23-12)17(20)14-4-2-3-5-16(14)25-11-15-13(18(21)22)6-8-24-15/h2-6,8,12H,7,9-11H2,1H3,(H,21,22). The van der Waals surface area contributed by atoms with E-state index in [1.54, 1.807) is 11.0 Å². The normalized spacial score (nSPS) is 17.5. The van der Waals surface area contributed by atoms with Gasteiger partial charge in [0.05, 0.1) is 30.3 Å². The Morgan fingerprint density at radius 3 is 2.84 bits per heavy atom. The summed E-state index contributed by atoms with van der Waals surface area (Å²) in [6.07, 6.45) is 1.39. The summed E-state index contributed by atoms with van der Waals surface area (Å²) in [5, 5.41) is 9.15. The molecule has 132 valence electrons. The molecule has 1 aromatic carbocycles. The third-order valence-electron chi connectivity index (χ3n) is 3.98. The topological polar surface area (TPSA) is 80.0 Å².